The molecular weight excluding hydrogens is 335 g/mol. The third-order valence-corrected chi connectivity index (χ3v) is 3.92. The van der Waals surface area contributed by atoms with Gasteiger partial charge in [0.1, 0.15) is 0 Å². The van der Waals surface area contributed by atoms with E-state index >= 15 is 0 Å². The zero-order chi connectivity index (χ0) is 13.0. The standard InChI is InChI=1S/C13H11BrCl2N2/c14-11-7-12(15)9(6-13(11)16)8-17-18-10-4-2-1-3-5-10/h1-7,17-18H,8H2. The molecule has 5 heteroatoms. The molecule has 0 saturated carbocycles. The van der Waals surface area contributed by atoms with Crippen molar-refractivity contribution in [2.45, 2.75) is 6.54 Å². The van der Waals surface area contributed by atoms with Gasteiger partial charge in [-0.05, 0) is 45.8 Å². The van der Waals surface area contributed by atoms with Gasteiger partial charge in [-0.2, -0.15) is 0 Å². The minimum absolute atomic E-state index is 0.584. The Morgan fingerprint density at radius 2 is 1.72 bits per heavy atom. The molecule has 2 N–H and O–H groups in total. The number of nitrogens with one attached hydrogen (secondary N) is 2. The van der Waals surface area contributed by atoms with Gasteiger partial charge < -0.3 is 5.43 Å². The van der Waals surface area contributed by atoms with Crippen LogP contribution in [-0.2, 0) is 6.54 Å². The van der Waals surface area contributed by atoms with E-state index in [2.05, 4.69) is 26.8 Å². The Kier molecular flexibility index (Phi) is 4.89. The van der Waals surface area contributed by atoms with E-state index in [1.165, 1.54) is 0 Å². The van der Waals surface area contributed by atoms with Crippen LogP contribution in [0, 0.1) is 0 Å². The van der Waals surface area contributed by atoms with Crippen LogP contribution in [0.1, 0.15) is 5.56 Å². The maximum atomic E-state index is 6.13. The van der Waals surface area contributed by atoms with Crippen molar-refractivity contribution in [1.29, 1.82) is 0 Å². The maximum Gasteiger partial charge on any atom is 0.0552 e. The molecule has 0 unspecified atom stereocenters. The van der Waals surface area contributed by atoms with E-state index in [0.717, 1.165) is 15.7 Å². The highest BCUT2D eigenvalue weighted by Gasteiger charge is 2.05. The molecule has 94 valence electrons. The van der Waals surface area contributed by atoms with Gasteiger partial charge in [0.15, 0.2) is 0 Å². The highest BCUT2D eigenvalue weighted by molar-refractivity contribution is 9.10. The molecule has 2 aromatic rings. The summed E-state index contributed by atoms with van der Waals surface area (Å²) >= 11 is 15.5. The minimum atomic E-state index is 0.584. The first kappa shape index (κ1) is 13.7. The highest BCUT2D eigenvalue weighted by atomic mass is 79.9. The normalized spacial score (nSPS) is 10.4. The van der Waals surface area contributed by atoms with Crippen molar-refractivity contribution in [2.24, 2.45) is 0 Å². The van der Waals surface area contributed by atoms with Gasteiger partial charge in [-0.3, -0.25) is 0 Å². The molecule has 0 heterocycles. The second kappa shape index (κ2) is 6.43. The lowest BCUT2D eigenvalue weighted by Gasteiger charge is -2.10. The summed E-state index contributed by atoms with van der Waals surface area (Å²) in [5.41, 5.74) is 8.12. The zero-order valence-electron chi connectivity index (χ0n) is 9.38. The van der Waals surface area contributed by atoms with Crippen molar-refractivity contribution < 1.29 is 0 Å². The smallest absolute Gasteiger partial charge is 0.0552 e. The Labute approximate surface area is 124 Å². The molecular formula is C13H11BrCl2N2. The molecule has 0 atom stereocenters. The summed E-state index contributed by atoms with van der Waals surface area (Å²) in [5.74, 6) is 0. The predicted octanol–water partition coefficient (Wildman–Crippen LogP) is 4.87. The van der Waals surface area contributed by atoms with Crippen LogP contribution >= 0.6 is 39.1 Å². The third-order valence-electron chi connectivity index (χ3n) is 2.37. The molecule has 18 heavy (non-hydrogen) atoms. The topological polar surface area (TPSA) is 24.1 Å². The number of hydrogen-bond donors (Lipinski definition) is 2. The molecule has 2 aromatic carbocycles. The third kappa shape index (κ3) is 3.62. The van der Waals surface area contributed by atoms with Crippen LogP contribution in [0.4, 0.5) is 5.69 Å². The number of halogens is 3. The lowest BCUT2D eigenvalue weighted by molar-refractivity contribution is 0.801. The van der Waals surface area contributed by atoms with Gasteiger partial charge >= 0.3 is 0 Å². The Bertz CT molecular complexity index is 532. The van der Waals surface area contributed by atoms with Crippen LogP contribution in [-0.4, -0.2) is 0 Å². The summed E-state index contributed by atoms with van der Waals surface area (Å²) in [6, 6.07) is 13.5. The predicted molar refractivity (Wildman–Crippen MR) is 81.1 cm³/mol. The largest absolute Gasteiger partial charge is 0.321 e. The van der Waals surface area contributed by atoms with Crippen LogP contribution in [0.2, 0.25) is 10.0 Å². The summed E-state index contributed by atoms with van der Waals surface area (Å²) in [6.07, 6.45) is 0. The molecule has 2 rings (SSSR count). The van der Waals surface area contributed by atoms with E-state index in [1.54, 1.807) is 6.07 Å². The fourth-order valence-electron chi connectivity index (χ4n) is 1.46. The Hall–Kier alpha value is -0.740. The van der Waals surface area contributed by atoms with Crippen molar-refractivity contribution in [1.82, 2.24) is 5.43 Å². The Morgan fingerprint density at radius 1 is 1.00 bits per heavy atom. The van der Waals surface area contributed by atoms with Gasteiger partial charge in [0.2, 0.25) is 0 Å². The molecule has 0 spiro atoms. The van der Waals surface area contributed by atoms with Crippen LogP contribution in [0.15, 0.2) is 46.9 Å². The summed E-state index contributed by atoms with van der Waals surface area (Å²) in [6.45, 7) is 0.584. The van der Waals surface area contributed by atoms with Crippen LogP contribution < -0.4 is 10.9 Å². The molecule has 0 aromatic heterocycles. The van der Waals surface area contributed by atoms with Crippen molar-refractivity contribution in [2.75, 3.05) is 5.43 Å². The second-order valence-electron chi connectivity index (χ2n) is 3.70. The quantitative estimate of drug-likeness (QED) is 0.610. The zero-order valence-corrected chi connectivity index (χ0v) is 12.5. The lowest BCUT2D eigenvalue weighted by atomic mass is 10.2. The number of hydrogen-bond acceptors (Lipinski definition) is 2. The monoisotopic (exact) mass is 344 g/mol. The minimum Gasteiger partial charge on any atom is -0.321 e. The molecule has 0 aliphatic rings. The van der Waals surface area contributed by atoms with Crippen LogP contribution in [0.3, 0.4) is 0 Å². The molecule has 0 aliphatic carbocycles. The highest BCUT2D eigenvalue weighted by Crippen LogP contribution is 2.29. The molecule has 0 aliphatic heterocycles. The lowest BCUT2D eigenvalue weighted by Crippen LogP contribution is -2.20. The average molecular weight is 346 g/mol. The number of rotatable bonds is 4. The molecule has 0 saturated heterocycles. The average Bonchev–Trinajstić information content (AvgIpc) is 2.37. The van der Waals surface area contributed by atoms with Gasteiger partial charge in [-0.25, -0.2) is 5.43 Å². The first-order valence-corrected chi connectivity index (χ1v) is 6.89. The van der Waals surface area contributed by atoms with Crippen molar-refractivity contribution in [3.05, 3.63) is 62.5 Å². The molecule has 0 radical (unpaired) electrons. The summed E-state index contributed by atoms with van der Waals surface area (Å²) in [7, 11) is 0. The number of anilines is 1. The Balaban J connectivity index is 1.97. The van der Waals surface area contributed by atoms with Crippen molar-refractivity contribution >= 4 is 44.8 Å². The van der Waals surface area contributed by atoms with E-state index < -0.39 is 0 Å². The van der Waals surface area contributed by atoms with E-state index in [9.17, 15) is 0 Å². The summed E-state index contributed by atoms with van der Waals surface area (Å²) < 4.78 is 0.800. The van der Waals surface area contributed by atoms with E-state index in [0.29, 0.717) is 16.6 Å². The Morgan fingerprint density at radius 3 is 2.44 bits per heavy atom. The van der Waals surface area contributed by atoms with Crippen LogP contribution in [0.25, 0.3) is 0 Å². The fraction of sp³-hybridized carbons (Fsp3) is 0.0769. The molecule has 0 bridgehead atoms. The number of para-hydroxylation sites is 1. The fourth-order valence-corrected chi connectivity index (χ4v) is 2.35. The molecule has 0 fully saturated rings. The molecule has 0 amide bonds. The SMILES string of the molecule is Clc1cc(CNNc2ccccc2)c(Cl)cc1Br. The van der Waals surface area contributed by atoms with E-state index in [4.69, 9.17) is 23.2 Å². The maximum absolute atomic E-state index is 6.13. The summed E-state index contributed by atoms with van der Waals surface area (Å²) in [5, 5.41) is 1.32. The van der Waals surface area contributed by atoms with Gasteiger partial charge in [-0.1, -0.05) is 41.4 Å². The van der Waals surface area contributed by atoms with Crippen LogP contribution in [0.5, 0.6) is 0 Å². The van der Waals surface area contributed by atoms with Gasteiger partial charge in [0.25, 0.3) is 0 Å². The van der Waals surface area contributed by atoms with E-state index in [1.807, 2.05) is 36.4 Å². The van der Waals surface area contributed by atoms with Gasteiger partial charge in [0, 0.05) is 21.7 Å². The van der Waals surface area contributed by atoms with Crippen molar-refractivity contribution in [3.63, 3.8) is 0 Å². The second-order valence-corrected chi connectivity index (χ2v) is 5.37. The van der Waals surface area contributed by atoms with Gasteiger partial charge in [0.05, 0.1) is 5.02 Å². The summed E-state index contributed by atoms with van der Waals surface area (Å²) in [4.78, 5) is 0. The van der Waals surface area contributed by atoms with E-state index in [-0.39, 0.29) is 0 Å². The van der Waals surface area contributed by atoms with Crippen molar-refractivity contribution in [3.8, 4) is 0 Å². The van der Waals surface area contributed by atoms with Gasteiger partial charge in [-0.15, -0.1) is 0 Å². The first-order valence-electron chi connectivity index (χ1n) is 5.34. The number of hydrazine groups is 1. The first-order chi connectivity index (χ1) is 8.66. The molecule has 2 nitrogen and oxygen atoms in total. The number of benzene rings is 2.